The van der Waals surface area contributed by atoms with E-state index in [1.165, 1.54) is 0 Å². The summed E-state index contributed by atoms with van der Waals surface area (Å²) in [6.07, 6.45) is 6.42. The van der Waals surface area contributed by atoms with Crippen molar-refractivity contribution in [2.45, 2.75) is 37.3 Å². The number of carbonyl (C=O) groups excluding carboxylic acids is 1. The van der Waals surface area contributed by atoms with Crippen LogP contribution in [0.3, 0.4) is 0 Å². The van der Waals surface area contributed by atoms with Crippen LogP contribution in [0.15, 0.2) is 16.9 Å². The second-order valence-corrected chi connectivity index (χ2v) is 5.78. The van der Waals surface area contributed by atoms with E-state index in [0.717, 1.165) is 23.7 Å². The smallest absolute Gasteiger partial charge is 0.160 e. The molecule has 3 heterocycles. The monoisotopic (exact) mass is 295 g/mol. The van der Waals surface area contributed by atoms with Gasteiger partial charge in [-0.25, -0.2) is 9.97 Å². The molecule has 0 aliphatic carbocycles. The van der Waals surface area contributed by atoms with E-state index in [4.69, 9.17) is 0 Å². The van der Waals surface area contributed by atoms with Crippen molar-refractivity contribution in [3.8, 4) is 0 Å². The maximum atomic E-state index is 12.3. The average molecular weight is 296 g/mol. The highest BCUT2D eigenvalue weighted by Gasteiger charge is 2.45. The Bertz CT molecular complexity index is 448. The zero-order valence-electron chi connectivity index (χ0n) is 9.64. The van der Waals surface area contributed by atoms with Crippen LogP contribution in [0.1, 0.15) is 31.0 Å². The van der Waals surface area contributed by atoms with E-state index in [1.807, 2.05) is 0 Å². The second-order valence-electron chi connectivity index (χ2n) is 4.86. The van der Waals surface area contributed by atoms with Crippen LogP contribution in [-0.2, 0) is 4.79 Å². The third-order valence-corrected chi connectivity index (χ3v) is 4.38. The van der Waals surface area contributed by atoms with Gasteiger partial charge in [-0.05, 0) is 42.2 Å². The Morgan fingerprint density at radius 3 is 2.76 bits per heavy atom. The first-order valence-corrected chi connectivity index (χ1v) is 6.69. The molecule has 2 aliphatic rings. The van der Waals surface area contributed by atoms with Crippen LogP contribution in [0.25, 0.3) is 0 Å². The molecule has 0 amide bonds. The SMILES string of the molecule is CN1C2CCC1C(=O)C(c1ncc(Br)cn1)C2. The first kappa shape index (κ1) is 11.3. The van der Waals surface area contributed by atoms with E-state index < -0.39 is 0 Å². The Hall–Kier alpha value is -0.810. The number of halogens is 1. The summed E-state index contributed by atoms with van der Waals surface area (Å²) in [5, 5.41) is 0. The van der Waals surface area contributed by atoms with Gasteiger partial charge >= 0.3 is 0 Å². The normalized spacial score (nSPS) is 33.1. The minimum Gasteiger partial charge on any atom is -0.297 e. The fourth-order valence-electron chi connectivity index (χ4n) is 2.99. The van der Waals surface area contributed by atoms with Gasteiger partial charge in [-0.1, -0.05) is 0 Å². The van der Waals surface area contributed by atoms with Gasteiger partial charge in [-0.15, -0.1) is 0 Å². The van der Waals surface area contributed by atoms with Crippen molar-refractivity contribution >= 4 is 21.7 Å². The summed E-state index contributed by atoms with van der Waals surface area (Å²) in [6, 6.07) is 0.612. The minimum absolute atomic E-state index is 0.0889. The Morgan fingerprint density at radius 1 is 1.35 bits per heavy atom. The van der Waals surface area contributed by atoms with Crippen molar-refractivity contribution in [1.29, 1.82) is 0 Å². The van der Waals surface area contributed by atoms with E-state index in [0.29, 0.717) is 17.6 Å². The van der Waals surface area contributed by atoms with E-state index >= 15 is 0 Å². The van der Waals surface area contributed by atoms with Crippen LogP contribution in [0.4, 0.5) is 0 Å². The molecule has 90 valence electrons. The molecule has 0 saturated carbocycles. The number of nitrogens with zero attached hydrogens (tertiary/aromatic N) is 3. The van der Waals surface area contributed by atoms with Crippen LogP contribution in [0.2, 0.25) is 0 Å². The molecule has 0 spiro atoms. The van der Waals surface area contributed by atoms with Crippen LogP contribution in [-0.4, -0.2) is 39.8 Å². The lowest BCUT2D eigenvalue weighted by Gasteiger charge is -2.34. The van der Waals surface area contributed by atoms with Gasteiger partial charge in [-0.2, -0.15) is 0 Å². The topological polar surface area (TPSA) is 46.1 Å². The van der Waals surface area contributed by atoms with Gasteiger partial charge in [0, 0.05) is 18.4 Å². The van der Waals surface area contributed by atoms with Crippen molar-refractivity contribution in [3.05, 3.63) is 22.7 Å². The van der Waals surface area contributed by atoms with Gasteiger partial charge < -0.3 is 0 Å². The molecule has 3 unspecified atom stereocenters. The third kappa shape index (κ3) is 1.81. The molecule has 3 atom stereocenters. The zero-order valence-corrected chi connectivity index (χ0v) is 11.2. The van der Waals surface area contributed by atoms with Crippen molar-refractivity contribution in [1.82, 2.24) is 14.9 Å². The first-order chi connectivity index (χ1) is 8.16. The highest BCUT2D eigenvalue weighted by Crippen LogP contribution is 2.38. The van der Waals surface area contributed by atoms with Gasteiger partial charge in [0.2, 0.25) is 0 Å². The summed E-state index contributed by atoms with van der Waals surface area (Å²) >= 11 is 3.31. The van der Waals surface area contributed by atoms with Gasteiger partial charge in [-0.3, -0.25) is 9.69 Å². The number of likely N-dealkylation sites (N-methyl/N-ethyl adjacent to an activating group) is 1. The lowest BCUT2D eigenvalue weighted by molar-refractivity contribution is -0.127. The predicted octanol–water partition coefficient (Wildman–Crippen LogP) is 1.76. The fraction of sp³-hybridized carbons (Fsp3) is 0.583. The number of piperidine rings is 1. The van der Waals surface area contributed by atoms with Crippen molar-refractivity contribution in [2.75, 3.05) is 7.05 Å². The van der Waals surface area contributed by atoms with Crippen molar-refractivity contribution in [2.24, 2.45) is 0 Å². The number of aromatic nitrogens is 2. The van der Waals surface area contributed by atoms with Crippen LogP contribution < -0.4 is 0 Å². The summed E-state index contributed by atoms with van der Waals surface area (Å²) in [4.78, 5) is 23.1. The molecule has 2 bridgehead atoms. The molecule has 5 heteroatoms. The fourth-order valence-corrected chi connectivity index (χ4v) is 3.20. The molecular formula is C12H14BrN3O. The van der Waals surface area contributed by atoms with Crippen LogP contribution in [0.5, 0.6) is 0 Å². The Kier molecular flexibility index (Phi) is 2.75. The zero-order chi connectivity index (χ0) is 12.0. The molecule has 0 aromatic carbocycles. The molecular weight excluding hydrogens is 282 g/mol. The van der Waals surface area contributed by atoms with Gasteiger partial charge in [0.15, 0.2) is 5.78 Å². The average Bonchev–Trinajstić information content (AvgIpc) is 2.58. The lowest BCUT2D eigenvalue weighted by atomic mass is 9.89. The molecule has 1 aromatic rings. The van der Waals surface area contributed by atoms with Gasteiger partial charge in [0.05, 0.1) is 16.4 Å². The standard InChI is InChI=1S/C12H14BrN3O/c1-16-8-2-3-10(16)11(17)9(4-8)12-14-5-7(13)6-15-12/h5-6,8-10H,2-4H2,1H3. The molecule has 0 radical (unpaired) electrons. The quantitative estimate of drug-likeness (QED) is 0.792. The lowest BCUT2D eigenvalue weighted by Crippen LogP contribution is -2.46. The third-order valence-electron chi connectivity index (χ3n) is 3.97. The molecule has 2 saturated heterocycles. The number of carbonyl (C=O) groups is 1. The Labute approximate surface area is 109 Å². The van der Waals surface area contributed by atoms with Crippen molar-refractivity contribution in [3.63, 3.8) is 0 Å². The minimum atomic E-state index is -0.100. The van der Waals surface area contributed by atoms with Crippen molar-refractivity contribution < 1.29 is 4.79 Å². The van der Waals surface area contributed by atoms with Crippen LogP contribution in [0, 0.1) is 0 Å². The summed E-state index contributed by atoms with van der Waals surface area (Å²) in [5.74, 6) is 0.878. The van der Waals surface area contributed by atoms with E-state index in [2.05, 4.69) is 37.8 Å². The highest BCUT2D eigenvalue weighted by atomic mass is 79.9. The van der Waals surface area contributed by atoms with E-state index in [-0.39, 0.29) is 12.0 Å². The molecule has 0 N–H and O–H groups in total. The first-order valence-electron chi connectivity index (χ1n) is 5.90. The van der Waals surface area contributed by atoms with Crippen LogP contribution >= 0.6 is 15.9 Å². The summed E-state index contributed by atoms with van der Waals surface area (Å²) in [7, 11) is 2.05. The number of fused-ring (bicyclic) bond motifs is 2. The molecule has 2 fully saturated rings. The maximum absolute atomic E-state index is 12.3. The molecule has 4 nitrogen and oxygen atoms in total. The number of Topliss-reactive ketones (excluding diaryl/α,β-unsaturated/α-hetero) is 1. The number of hydrogen-bond acceptors (Lipinski definition) is 4. The second kappa shape index (κ2) is 4.14. The summed E-state index contributed by atoms with van der Waals surface area (Å²) in [6.45, 7) is 0. The number of hydrogen-bond donors (Lipinski definition) is 0. The summed E-state index contributed by atoms with van der Waals surface area (Å²) < 4.78 is 0.851. The summed E-state index contributed by atoms with van der Waals surface area (Å²) in [5.41, 5.74) is 0. The Balaban J connectivity index is 1.90. The number of rotatable bonds is 1. The highest BCUT2D eigenvalue weighted by molar-refractivity contribution is 9.10. The number of ketones is 1. The van der Waals surface area contributed by atoms with E-state index in [9.17, 15) is 4.79 Å². The molecule has 2 aliphatic heterocycles. The largest absolute Gasteiger partial charge is 0.297 e. The van der Waals surface area contributed by atoms with E-state index in [1.54, 1.807) is 12.4 Å². The Morgan fingerprint density at radius 2 is 2.06 bits per heavy atom. The predicted molar refractivity (Wildman–Crippen MR) is 66.7 cm³/mol. The van der Waals surface area contributed by atoms with Gasteiger partial charge in [0.25, 0.3) is 0 Å². The van der Waals surface area contributed by atoms with Gasteiger partial charge in [0.1, 0.15) is 5.82 Å². The molecule has 3 rings (SSSR count). The maximum Gasteiger partial charge on any atom is 0.160 e. The molecule has 1 aromatic heterocycles. The molecule has 17 heavy (non-hydrogen) atoms.